The first-order valence-corrected chi connectivity index (χ1v) is 4.47. The van der Waals surface area contributed by atoms with E-state index in [0.29, 0.717) is 0 Å². The molecule has 0 bridgehead atoms. The summed E-state index contributed by atoms with van der Waals surface area (Å²) in [6.45, 7) is 0.281. The maximum atomic E-state index is 11.2. The highest BCUT2D eigenvalue weighted by molar-refractivity contribution is 6.55. The van der Waals surface area contributed by atoms with E-state index in [1.807, 2.05) is 0 Å². The third-order valence-electron chi connectivity index (χ3n) is 1.31. The second-order valence-corrected chi connectivity index (χ2v) is 3.54. The summed E-state index contributed by atoms with van der Waals surface area (Å²) in [6, 6.07) is 0. The first kappa shape index (κ1) is 10.6. The SMILES string of the molecule is O=c1c(Cl)nccn1CC=C(Cl)Cl. The first-order chi connectivity index (χ1) is 6.11. The van der Waals surface area contributed by atoms with Crippen LogP contribution in [0.4, 0.5) is 0 Å². The van der Waals surface area contributed by atoms with Crippen molar-refractivity contribution in [3.05, 3.63) is 38.5 Å². The molecule has 0 saturated heterocycles. The van der Waals surface area contributed by atoms with Crippen LogP contribution in [0.25, 0.3) is 0 Å². The molecule has 0 saturated carbocycles. The van der Waals surface area contributed by atoms with Crippen molar-refractivity contribution in [2.75, 3.05) is 0 Å². The van der Waals surface area contributed by atoms with Crippen molar-refractivity contribution in [2.45, 2.75) is 6.54 Å². The quantitative estimate of drug-likeness (QED) is 0.793. The molecule has 0 atom stereocenters. The van der Waals surface area contributed by atoms with Gasteiger partial charge in [-0.25, -0.2) is 4.98 Å². The maximum Gasteiger partial charge on any atom is 0.288 e. The summed E-state index contributed by atoms with van der Waals surface area (Å²) in [7, 11) is 0. The molecule has 0 radical (unpaired) electrons. The van der Waals surface area contributed by atoms with Gasteiger partial charge in [-0.1, -0.05) is 34.8 Å². The van der Waals surface area contributed by atoms with E-state index in [-0.39, 0.29) is 21.7 Å². The maximum absolute atomic E-state index is 11.2. The Bertz CT molecular complexity index is 382. The van der Waals surface area contributed by atoms with Gasteiger partial charge in [0.1, 0.15) is 4.49 Å². The fourth-order valence-electron chi connectivity index (χ4n) is 0.732. The van der Waals surface area contributed by atoms with Crippen LogP contribution in [0.5, 0.6) is 0 Å². The van der Waals surface area contributed by atoms with E-state index in [1.165, 1.54) is 23.0 Å². The Morgan fingerprint density at radius 3 is 2.92 bits per heavy atom. The van der Waals surface area contributed by atoms with Gasteiger partial charge in [-0.15, -0.1) is 0 Å². The van der Waals surface area contributed by atoms with Crippen molar-refractivity contribution >= 4 is 34.8 Å². The molecule has 0 unspecified atom stereocenters. The van der Waals surface area contributed by atoms with Gasteiger partial charge in [0, 0.05) is 18.9 Å². The third-order valence-corrected chi connectivity index (χ3v) is 1.88. The molecule has 0 spiro atoms. The van der Waals surface area contributed by atoms with Crippen molar-refractivity contribution in [2.24, 2.45) is 0 Å². The van der Waals surface area contributed by atoms with E-state index in [0.717, 1.165) is 0 Å². The minimum atomic E-state index is -0.366. The minimum absolute atomic E-state index is 0.0680. The van der Waals surface area contributed by atoms with Gasteiger partial charge in [-0.05, 0) is 6.08 Å². The van der Waals surface area contributed by atoms with Gasteiger partial charge in [0.2, 0.25) is 0 Å². The fraction of sp³-hybridized carbons (Fsp3) is 0.143. The van der Waals surface area contributed by atoms with Crippen molar-refractivity contribution in [3.8, 4) is 0 Å². The van der Waals surface area contributed by atoms with Crippen LogP contribution < -0.4 is 5.56 Å². The number of halogens is 3. The van der Waals surface area contributed by atoms with Crippen LogP contribution >= 0.6 is 34.8 Å². The molecule has 1 aromatic heterocycles. The zero-order valence-corrected chi connectivity index (χ0v) is 8.64. The number of allylic oxidation sites excluding steroid dienone is 1. The highest BCUT2D eigenvalue weighted by Crippen LogP contribution is 2.05. The van der Waals surface area contributed by atoms with Crippen molar-refractivity contribution in [3.63, 3.8) is 0 Å². The Balaban J connectivity index is 2.97. The van der Waals surface area contributed by atoms with E-state index in [2.05, 4.69) is 4.98 Å². The molecule has 1 rings (SSSR count). The standard InChI is InChI=1S/C7H5Cl3N2O/c8-5(9)1-3-12-4-2-11-6(10)7(12)13/h1-2,4H,3H2. The van der Waals surface area contributed by atoms with Crippen molar-refractivity contribution in [1.29, 1.82) is 0 Å². The Hall–Kier alpha value is -0.510. The molecule has 0 aliphatic heterocycles. The van der Waals surface area contributed by atoms with E-state index < -0.39 is 0 Å². The zero-order chi connectivity index (χ0) is 9.84. The van der Waals surface area contributed by atoms with Gasteiger partial charge in [0.15, 0.2) is 5.15 Å². The van der Waals surface area contributed by atoms with Crippen LogP contribution in [0.1, 0.15) is 0 Å². The van der Waals surface area contributed by atoms with E-state index in [9.17, 15) is 4.79 Å². The summed E-state index contributed by atoms with van der Waals surface area (Å²) < 4.78 is 1.46. The fourth-order valence-corrected chi connectivity index (χ4v) is 1.03. The number of hydrogen-bond donors (Lipinski definition) is 0. The lowest BCUT2D eigenvalue weighted by Gasteiger charge is -1.99. The average molecular weight is 239 g/mol. The molecule has 1 aromatic rings. The van der Waals surface area contributed by atoms with Crippen LogP contribution in [0.3, 0.4) is 0 Å². The molecular formula is C7H5Cl3N2O. The van der Waals surface area contributed by atoms with Gasteiger partial charge >= 0.3 is 0 Å². The zero-order valence-electron chi connectivity index (χ0n) is 6.38. The first-order valence-electron chi connectivity index (χ1n) is 3.33. The average Bonchev–Trinajstić information content (AvgIpc) is 2.07. The summed E-state index contributed by atoms with van der Waals surface area (Å²) in [5, 5.41) is -0.0680. The second kappa shape index (κ2) is 4.65. The molecule has 0 fully saturated rings. The van der Waals surface area contributed by atoms with Crippen molar-refractivity contribution in [1.82, 2.24) is 9.55 Å². The summed E-state index contributed by atoms with van der Waals surface area (Å²) in [5.74, 6) is 0. The number of hydrogen-bond acceptors (Lipinski definition) is 2. The second-order valence-electron chi connectivity index (χ2n) is 2.17. The summed E-state index contributed by atoms with van der Waals surface area (Å²) in [6.07, 6.45) is 4.42. The predicted octanol–water partition coefficient (Wildman–Crippen LogP) is 2.22. The molecule has 0 aliphatic rings. The van der Waals surface area contributed by atoms with Gasteiger partial charge < -0.3 is 4.57 Å². The van der Waals surface area contributed by atoms with Gasteiger partial charge in [-0.2, -0.15) is 0 Å². The van der Waals surface area contributed by atoms with Gasteiger partial charge in [0.25, 0.3) is 5.56 Å². The number of aromatic nitrogens is 2. The predicted molar refractivity (Wildman–Crippen MR) is 53.3 cm³/mol. The Labute approximate surface area is 89.6 Å². The number of rotatable bonds is 2. The van der Waals surface area contributed by atoms with E-state index in [1.54, 1.807) is 0 Å². The highest BCUT2D eigenvalue weighted by Gasteiger charge is 1.99. The summed E-state index contributed by atoms with van der Waals surface area (Å²) in [5.41, 5.74) is -0.366. The molecule has 0 amide bonds. The molecule has 70 valence electrons. The normalized spacial score (nSPS) is 9.77. The Morgan fingerprint density at radius 2 is 2.31 bits per heavy atom. The smallest absolute Gasteiger partial charge is 0.288 e. The lowest BCUT2D eigenvalue weighted by molar-refractivity contribution is 0.766. The van der Waals surface area contributed by atoms with E-state index >= 15 is 0 Å². The Morgan fingerprint density at radius 1 is 1.62 bits per heavy atom. The topological polar surface area (TPSA) is 34.9 Å². The van der Waals surface area contributed by atoms with Gasteiger partial charge in [-0.3, -0.25) is 4.79 Å². The lowest BCUT2D eigenvalue weighted by atomic mass is 10.5. The lowest BCUT2D eigenvalue weighted by Crippen LogP contribution is -2.19. The van der Waals surface area contributed by atoms with Gasteiger partial charge in [0.05, 0.1) is 0 Å². The summed E-state index contributed by atoms with van der Waals surface area (Å²) in [4.78, 5) is 14.8. The molecule has 13 heavy (non-hydrogen) atoms. The third kappa shape index (κ3) is 3.03. The van der Waals surface area contributed by atoms with Crippen LogP contribution in [-0.2, 0) is 6.54 Å². The van der Waals surface area contributed by atoms with Crippen LogP contribution in [0, 0.1) is 0 Å². The monoisotopic (exact) mass is 238 g/mol. The molecule has 3 nitrogen and oxygen atoms in total. The molecular weight excluding hydrogens is 234 g/mol. The van der Waals surface area contributed by atoms with Crippen LogP contribution in [0.15, 0.2) is 27.8 Å². The van der Waals surface area contributed by atoms with E-state index in [4.69, 9.17) is 34.8 Å². The largest absolute Gasteiger partial charge is 0.307 e. The Kier molecular flexibility index (Phi) is 3.78. The van der Waals surface area contributed by atoms with Crippen molar-refractivity contribution < 1.29 is 0 Å². The minimum Gasteiger partial charge on any atom is -0.307 e. The highest BCUT2D eigenvalue weighted by atomic mass is 35.5. The molecule has 0 N–H and O–H groups in total. The molecule has 6 heteroatoms. The van der Waals surface area contributed by atoms with Crippen LogP contribution in [-0.4, -0.2) is 9.55 Å². The summed E-state index contributed by atoms with van der Waals surface area (Å²) >= 11 is 16.3. The molecule has 0 aliphatic carbocycles. The molecule has 0 aromatic carbocycles. The number of nitrogens with zero attached hydrogens (tertiary/aromatic N) is 2. The van der Waals surface area contributed by atoms with Crippen LogP contribution in [0.2, 0.25) is 5.15 Å². The molecule has 1 heterocycles.